The van der Waals surface area contributed by atoms with Gasteiger partial charge in [0.1, 0.15) is 0 Å². The molecule has 1 aromatic heterocycles. The van der Waals surface area contributed by atoms with Crippen LogP contribution in [-0.2, 0) is 21.4 Å². The van der Waals surface area contributed by atoms with E-state index in [0.717, 1.165) is 39.7 Å². The van der Waals surface area contributed by atoms with Gasteiger partial charge in [-0.2, -0.15) is 0 Å². The van der Waals surface area contributed by atoms with Crippen LogP contribution >= 0.6 is 0 Å². The molecule has 1 aliphatic carbocycles. The largest absolute Gasteiger partial charge is 0.452 e. The third kappa shape index (κ3) is 4.28. The van der Waals surface area contributed by atoms with Crippen molar-refractivity contribution in [3.05, 3.63) is 76.5 Å². The number of fused-ring (bicyclic) bond motifs is 2. The lowest BCUT2D eigenvalue weighted by Crippen LogP contribution is -2.25. The normalized spacial score (nSPS) is 14.4. The average molecular weight is 429 g/mol. The lowest BCUT2D eigenvalue weighted by atomic mass is 9.86. The van der Waals surface area contributed by atoms with Crippen molar-refractivity contribution in [3.63, 3.8) is 0 Å². The second-order valence-corrected chi connectivity index (χ2v) is 9.12. The summed E-state index contributed by atoms with van der Waals surface area (Å²) in [5, 5.41) is 3.22. The summed E-state index contributed by atoms with van der Waals surface area (Å²) in [5.74, 6) is -0.827. The Hall–Kier alpha value is -3.47. The number of esters is 1. The molecule has 1 aliphatic rings. The van der Waals surface area contributed by atoms with E-state index in [0.29, 0.717) is 12.0 Å². The van der Waals surface area contributed by atoms with Gasteiger partial charge in [-0.3, -0.25) is 4.79 Å². The van der Waals surface area contributed by atoms with E-state index in [-0.39, 0.29) is 17.9 Å². The molecule has 4 rings (SSSR count). The van der Waals surface area contributed by atoms with E-state index < -0.39 is 5.97 Å². The molecule has 0 radical (unpaired) electrons. The highest BCUT2D eigenvalue weighted by Crippen LogP contribution is 2.38. The van der Waals surface area contributed by atoms with Crippen molar-refractivity contribution in [1.82, 2.24) is 10.3 Å². The van der Waals surface area contributed by atoms with Gasteiger partial charge in [0, 0.05) is 12.4 Å². The van der Waals surface area contributed by atoms with Crippen LogP contribution in [0.2, 0.25) is 0 Å². The predicted octanol–water partition coefficient (Wildman–Crippen LogP) is 4.92. The SMILES string of the molecule is CNC(=O)COC(=O)c1c2c(nc3ccccc13)/C(=C\c1ccc(C(C)(C)C)cc1)CC2. The van der Waals surface area contributed by atoms with Gasteiger partial charge >= 0.3 is 5.97 Å². The number of nitrogens with zero attached hydrogens (tertiary/aromatic N) is 1. The zero-order valence-electron chi connectivity index (χ0n) is 19.0. The van der Waals surface area contributed by atoms with Crippen LogP contribution in [0.4, 0.5) is 0 Å². The molecular formula is C27H28N2O3. The fourth-order valence-electron chi connectivity index (χ4n) is 4.07. The molecule has 5 heteroatoms. The molecule has 1 amide bonds. The third-order valence-electron chi connectivity index (χ3n) is 5.88. The Bertz CT molecular complexity index is 1220. The number of hydrogen-bond acceptors (Lipinski definition) is 4. The maximum absolute atomic E-state index is 13.0. The molecule has 0 bridgehead atoms. The van der Waals surface area contributed by atoms with Gasteiger partial charge < -0.3 is 10.1 Å². The van der Waals surface area contributed by atoms with Crippen LogP contribution in [0.15, 0.2) is 48.5 Å². The summed E-state index contributed by atoms with van der Waals surface area (Å²) < 4.78 is 5.31. The zero-order chi connectivity index (χ0) is 22.9. The Morgan fingerprint density at radius 1 is 1.06 bits per heavy atom. The van der Waals surface area contributed by atoms with Crippen LogP contribution in [0.1, 0.15) is 59.9 Å². The molecule has 2 aromatic carbocycles. The van der Waals surface area contributed by atoms with E-state index in [1.165, 1.54) is 12.6 Å². The molecule has 0 saturated carbocycles. The van der Waals surface area contributed by atoms with Crippen molar-refractivity contribution in [2.45, 2.75) is 39.0 Å². The van der Waals surface area contributed by atoms with Gasteiger partial charge in [-0.15, -0.1) is 0 Å². The van der Waals surface area contributed by atoms with Crippen LogP contribution in [0.3, 0.4) is 0 Å². The minimum absolute atomic E-state index is 0.107. The average Bonchev–Trinajstić information content (AvgIpc) is 3.17. The van der Waals surface area contributed by atoms with Gasteiger partial charge in [0.2, 0.25) is 0 Å². The van der Waals surface area contributed by atoms with Crippen molar-refractivity contribution in [1.29, 1.82) is 0 Å². The summed E-state index contributed by atoms with van der Waals surface area (Å²) in [4.78, 5) is 29.5. The number of ether oxygens (including phenoxy) is 1. The number of hydrogen-bond donors (Lipinski definition) is 1. The number of aromatic nitrogens is 1. The number of carbonyl (C=O) groups excluding carboxylic acids is 2. The van der Waals surface area contributed by atoms with Crippen molar-refractivity contribution < 1.29 is 14.3 Å². The lowest BCUT2D eigenvalue weighted by molar-refractivity contribution is -0.123. The van der Waals surface area contributed by atoms with Gasteiger partial charge in [0.25, 0.3) is 5.91 Å². The first-order chi connectivity index (χ1) is 15.3. The van der Waals surface area contributed by atoms with Crippen LogP contribution < -0.4 is 5.32 Å². The van der Waals surface area contributed by atoms with Gasteiger partial charge in [-0.25, -0.2) is 9.78 Å². The molecule has 0 aliphatic heterocycles. The number of para-hydroxylation sites is 1. The standard InChI is InChI=1S/C27H28N2O3/c1-27(2,3)19-12-9-17(10-13-19)15-18-11-14-21-24(26(31)32-16-23(30)28-4)20-7-5-6-8-22(20)29-25(18)21/h5-10,12-13,15H,11,14,16H2,1-4H3,(H,28,30)/b18-15-. The maximum atomic E-state index is 13.0. The van der Waals surface area contributed by atoms with Crippen molar-refractivity contribution >= 4 is 34.4 Å². The Morgan fingerprint density at radius 2 is 1.78 bits per heavy atom. The van der Waals surface area contributed by atoms with Crippen molar-refractivity contribution in [3.8, 4) is 0 Å². The van der Waals surface area contributed by atoms with Crippen molar-refractivity contribution in [2.24, 2.45) is 0 Å². The third-order valence-corrected chi connectivity index (χ3v) is 5.88. The molecule has 164 valence electrons. The first-order valence-corrected chi connectivity index (χ1v) is 10.9. The molecule has 3 aromatic rings. The Kier molecular flexibility index (Phi) is 5.83. The summed E-state index contributed by atoms with van der Waals surface area (Å²) >= 11 is 0. The predicted molar refractivity (Wildman–Crippen MR) is 127 cm³/mol. The fraction of sp³-hybridized carbons (Fsp3) is 0.296. The number of rotatable bonds is 4. The van der Waals surface area contributed by atoms with Gasteiger partial charge in [-0.05, 0) is 52.7 Å². The molecule has 1 N–H and O–H groups in total. The van der Waals surface area contributed by atoms with E-state index in [4.69, 9.17) is 9.72 Å². The molecule has 0 unspecified atom stereocenters. The van der Waals surface area contributed by atoms with Gasteiger partial charge in [0.05, 0.1) is 16.8 Å². The summed E-state index contributed by atoms with van der Waals surface area (Å²) in [6.07, 6.45) is 3.67. The van der Waals surface area contributed by atoms with Crippen LogP contribution in [0, 0.1) is 0 Å². The minimum atomic E-state index is -0.487. The minimum Gasteiger partial charge on any atom is -0.452 e. The fourth-order valence-corrected chi connectivity index (χ4v) is 4.07. The van der Waals surface area contributed by atoms with Crippen molar-refractivity contribution in [2.75, 3.05) is 13.7 Å². The first-order valence-electron chi connectivity index (χ1n) is 10.9. The summed E-state index contributed by atoms with van der Waals surface area (Å²) in [5.41, 5.74) is 6.61. The molecule has 32 heavy (non-hydrogen) atoms. The summed E-state index contributed by atoms with van der Waals surface area (Å²) in [6.45, 7) is 6.30. The number of amides is 1. The Balaban J connectivity index is 1.75. The van der Waals surface area contributed by atoms with E-state index in [9.17, 15) is 9.59 Å². The van der Waals surface area contributed by atoms with Crippen LogP contribution in [0.25, 0.3) is 22.6 Å². The maximum Gasteiger partial charge on any atom is 0.339 e. The van der Waals surface area contributed by atoms with Crippen LogP contribution in [-0.4, -0.2) is 30.5 Å². The monoisotopic (exact) mass is 428 g/mol. The number of nitrogens with one attached hydrogen (secondary N) is 1. The highest BCUT2D eigenvalue weighted by Gasteiger charge is 2.28. The molecule has 0 spiro atoms. The molecule has 0 saturated heterocycles. The first kappa shape index (κ1) is 21.8. The Morgan fingerprint density at radius 3 is 2.47 bits per heavy atom. The van der Waals surface area contributed by atoms with Gasteiger partial charge in [-0.1, -0.05) is 63.2 Å². The smallest absolute Gasteiger partial charge is 0.339 e. The van der Waals surface area contributed by atoms with E-state index >= 15 is 0 Å². The number of benzene rings is 2. The molecule has 0 fully saturated rings. The summed E-state index contributed by atoms with van der Waals surface area (Å²) in [7, 11) is 1.51. The highest BCUT2D eigenvalue weighted by molar-refractivity contribution is 6.07. The zero-order valence-corrected chi connectivity index (χ0v) is 19.0. The quantitative estimate of drug-likeness (QED) is 0.599. The topological polar surface area (TPSA) is 68.3 Å². The number of carbonyl (C=O) groups is 2. The van der Waals surface area contributed by atoms with E-state index in [1.807, 2.05) is 24.3 Å². The molecule has 0 atom stereocenters. The Labute approximate surface area is 188 Å². The van der Waals surface area contributed by atoms with Gasteiger partial charge in [0.15, 0.2) is 6.61 Å². The lowest BCUT2D eigenvalue weighted by Gasteiger charge is -2.18. The second-order valence-electron chi connectivity index (χ2n) is 9.12. The second kappa shape index (κ2) is 8.58. The molecule has 1 heterocycles. The van der Waals surface area contributed by atoms with E-state index in [2.05, 4.69) is 56.4 Å². The number of pyridine rings is 1. The van der Waals surface area contributed by atoms with E-state index in [1.54, 1.807) is 0 Å². The number of allylic oxidation sites excluding steroid dienone is 1. The number of likely N-dealkylation sites (N-methyl/N-ethyl adjacent to an activating group) is 1. The highest BCUT2D eigenvalue weighted by atomic mass is 16.5. The summed E-state index contributed by atoms with van der Waals surface area (Å²) in [6, 6.07) is 16.2. The molecular weight excluding hydrogens is 400 g/mol. The van der Waals surface area contributed by atoms with Crippen LogP contribution in [0.5, 0.6) is 0 Å². The molecule has 5 nitrogen and oxygen atoms in total.